The molecular weight excluding hydrogens is 525 g/mol. The number of imidazole rings is 1. The molecule has 4 aromatic heterocycles. The molecule has 0 spiro atoms. The summed E-state index contributed by atoms with van der Waals surface area (Å²) in [6.07, 6.45) is -2.11. The lowest BCUT2D eigenvalue weighted by atomic mass is 9.93. The van der Waals surface area contributed by atoms with Gasteiger partial charge in [0.25, 0.3) is 5.92 Å². The van der Waals surface area contributed by atoms with Gasteiger partial charge in [0.15, 0.2) is 11.5 Å². The molecule has 0 radical (unpaired) electrons. The number of likely N-dealkylation sites (tertiary alicyclic amines) is 1. The number of halogens is 5. The lowest BCUT2D eigenvalue weighted by Gasteiger charge is -2.50. The van der Waals surface area contributed by atoms with Crippen molar-refractivity contribution in [1.82, 2.24) is 34.0 Å². The van der Waals surface area contributed by atoms with Gasteiger partial charge in [0, 0.05) is 18.2 Å². The normalized spacial score (nSPS) is 19.1. The predicted molar refractivity (Wildman–Crippen MR) is 134 cm³/mol. The minimum atomic E-state index is -4.38. The third-order valence-electron chi connectivity index (χ3n) is 6.93. The van der Waals surface area contributed by atoms with Crippen LogP contribution in [0.3, 0.4) is 0 Å². The number of hydrogen-bond acceptors (Lipinski definition) is 8. The van der Waals surface area contributed by atoms with Crippen LogP contribution in [0.15, 0.2) is 24.4 Å². The van der Waals surface area contributed by atoms with Crippen LogP contribution in [0.4, 0.5) is 33.7 Å². The average molecular weight is 554 g/mol. The Balaban J connectivity index is 0.000000198. The Morgan fingerprint density at radius 1 is 1.08 bits per heavy atom. The number of nitrogens with zero attached hydrogens (tertiary/aromatic N) is 7. The molecule has 4 N–H and O–H groups in total. The van der Waals surface area contributed by atoms with Crippen LogP contribution in [0.1, 0.15) is 25.6 Å². The van der Waals surface area contributed by atoms with Crippen molar-refractivity contribution in [1.29, 1.82) is 0 Å². The van der Waals surface area contributed by atoms with Gasteiger partial charge in [-0.2, -0.15) is 18.2 Å². The molecule has 10 nitrogen and oxygen atoms in total. The highest BCUT2D eigenvalue weighted by atomic mass is 19.4. The minimum absolute atomic E-state index is 0.0134. The molecule has 0 atom stereocenters. The number of aryl methyl sites for hydroxylation is 1. The van der Waals surface area contributed by atoms with Crippen LogP contribution in [0.2, 0.25) is 0 Å². The standard InChI is InChI=1S/C15H13F3N8.C9H15F2NO/c1-7-21-10-3-2-9(22-13(10)25(7)6-15(16,17)18)8-4-5-26-11(8)12(19)23-14(20)24-26;1-8(6-13-7-8)12-4-2-3-9(10,11)5-12/h2-5H,6H2,1H3,(H4,19,20,23,24);2-7H2,1H3. The summed E-state index contributed by atoms with van der Waals surface area (Å²) in [7, 11) is 0. The lowest BCUT2D eigenvalue weighted by molar-refractivity contribution is -0.171. The smallest absolute Gasteiger partial charge is 0.382 e. The fourth-order valence-electron chi connectivity index (χ4n) is 4.92. The van der Waals surface area contributed by atoms with Crippen molar-refractivity contribution in [2.45, 2.75) is 50.9 Å². The molecule has 15 heteroatoms. The molecular formula is C24H28F5N9O. The molecule has 0 amide bonds. The van der Waals surface area contributed by atoms with E-state index in [4.69, 9.17) is 16.2 Å². The van der Waals surface area contributed by atoms with Crippen molar-refractivity contribution < 1.29 is 26.7 Å². The highest BCUT2D eigenvalue weighted by molar-refractivity contribution is 5.88. The molecule has 2 aliphatic heterocycles. The molecule has 4 aromatic rings. The SMILES string of the molecule is CC1(N2CCCC(F)(F)C2)COC1.Cc1nc2ccc(-c3ccn4nc(N)nc(N)c34)nc2n1CC(F)(F)F. The topological polar surface area (TPSA) is 125 Å². The summed E-state index contributed by atoms with van der Waals surface area (Å²) in [4.78, 5) is 14.3. The van der Waals surface area contributed by atoms with Crippen molar-refractivity contribution in [3.63, 3.8) is 0 Å². The van der Waals surface area contributed by atoms with Crippen molar-refractivity contribution >= 4 is 28.4 Å². The van der Waals surface area contributed by atoms with Crippen molar-refractivity contribution in [3.8, 4) is 11.3 Å². The Labute approximate surface area is 219 Å². The number of ether oxygens (including phenoxy) is 1. The molecule has 6 heterocycles. The van der Waals surface area contributed by atoms with E-state index in [1.165, 1.54) is 11.4 Å². The van der Waals surface area contributed by atoms with Crippen LogP contribution < -0.4 is 11.5 Å². The number of aromatic nitrogens is 6. The number of nitrogen functional groups attached to an aromatic ring is 2. The van der Waals surface area contributed by atoms with E-state index in [2.05, 4.69) is 20.1 Å². The van der Waals surface area contributed by atoms with E-state index in [9.17, 15) is 22.0 Å². The molecule has 2 saturated heterocycles. The van der Waals surface area contributed by atoms with E-state index in [1.807, 2.05) is 11.8 Å². The van der Waals surface area contributed by atoms with E-state index in [0.29, 0.717) is 41.9 Å². The van der Waals surface area contributed by atoms with Gasteiger partial charge in [0.1, 0.15) is 23.4 Å². The molecule has 0 aromatic carbocycles. The number of hydrogen-bond donors (Lipinski definition) is 2. The van der Waals surface area contributed by atoms with Gasteiger partial charge in [0.05, 0.1) is 31.0 Å². The maximum absolute atomic E-state index is 13.1. The molecule has 2 aliphatic rings. The Bertz CT molecular complexity index is 1510. The number of rotatable bonds is 3. The maximum Gasteiger partial charge on any atom is 0.406 e. The Kier molecular flexibility index (Phi) is 6.61. The zero-order valence-electron chi connectivity index (χ0n) is 21.3. The first-order valence-corrected chi connectivity index (χ1v) is 12.3. The van der Waals surface area contributed by atoms with Gasteiger partial charge >= 0.3 is 6.18 Å². The molecule has 0 aliphatic carbocycles. The molecule has 39 heavy (non-hydrogen) atoms. The minimum Gasteiger partial charge on any atom is -0.382 e. The van der Waals surface area contributed by atoms with Gasteiger partial charge in [-0.1, -0.05) is 0 Å². The summed E-state index contributed by atoms with van der Waals surface area (Å²) in [5, 5.41) is 4.02. The third-order valence-corrected chi connectivity index (χ3v) is 6.93. The average Bonchev–Trinajstić information content (AvgIpc) is 3.37. The van der Waals surface area contributed by atoms with Crippen LogP contribution in [0.25, 0.3) is 27.9 Å². The van der Waals surface area contributed by atoms with Gasteiger partial charge in [-0.3, -0.25) is 4.90 Å². The van der Waals surface area contributed by atoms with E-state index >= 15 is 0 Å². The van der Waals surface area contributed by atoms with Gasteiger partial charge in [-0.25, -0.2) is 23.3 Å². The molecule has 210 valence electrons. The van der Waals surface area contributed by atoms with Crippen molar-refractivity contribution in [3.05, 3.63) is 30.2 Å². The summed E-state index contributed by atoms with van der Waals surface area (Å²) in [6.45, 7) is 4.24. The zero-order chi connectivity index (χ0) is 28.2. The maximum atomic E-state index is 13.1. The predicted octanol–water partition coefficient (Wildman–Crippen LogP) is 3.68. The molecule has 0 bridgehead atoms. The highest BCUT2D eigenvalue weighted by Crippen LogP contribution is 2.34. The number of pyridine rings is 1. The van der Waals surface area contributed by atoms with Crippen molar-refractivity contribution in [2.75, 3.05) is 37.8 Å². The van der Waals surface area contributed by atoms with Gasteiger partial charge in [0.2, 0.25) is 5.95 Å². The highest BCUT2D eigenvalue weighted by Gasteiger charge is 2.46. The zero-order valence-corrected chi connectivity index (χ0v) is 21.3. The number of fused-ring (bicyclic) bond motifs is 2. The number of anilines is 2. The Morgan fingerprint density at radius 2 is 1.82 bits per heavy atom. The lowest BCUT2D eigenvalue weighted by Crippen LogP contribution is -2.63. The van der Waals surface area contributed by atoms with Crippen LogP contribution in [-0.4, -0.2) is 78.0 Å². The molecule has 0 saturated carbocycles. The van der Waals surface area contributed by atoms with Crippen LogP contribution in [0, 0.1) is 6.92 Å². The van der Waals surface area contributed by atoms with Crippen LogP contribution >= 0.6 is 0 Å². The summed E-state index contributed by atoms with van der Waals surface area (Å²) in [5.41, 5.74) is 13.4. The van der Waals surface area contributed by atoms with E-state index < -0.39 is 18.6 Å². The van der Waals surface area contributed by atoms with Gasteiger partial charge < -0.3 is 20.8 Å². The van der Waals surface area contributed by atoms with E-state index in [1.54, 1.807) is 24.4 Å². The fourth-order valence-corrected chi connectivity index (χ4v) is 4.92. The summed E-state index contributed by atoms with van der Waals surface area (Å²) < 4.78 is 72.3. The molecule has 2 fully saturated rings. The first-order chi connectivity index (χ1) is 18.2. The Morgan fingerprint density at radius 3 is 2.46 bits per heavy atom. The van der Waals surface area contributed by atoms with Crippen molar-refractivity contribution in [2.24, 2.45) is 0 Å². The number of piperidine rings is 1. The summed E-state index contributed by atoms with van der Waals surface area (Å²) >= 11 is 0. The first-order valence-electron chi connectivity index (χ1n) is 12.3. The molecule has 6 rings (SSSR count). The summed E-state index contributed by atoms with van der Waals surface area (Å²) in [6, 6.07) is 4.98. The van der Waals surface area contributed by atoms with Gasteiger partial charge in [-0.15, -0.1) is 5.10 Å². The molecule has 0 unspecified atom stereocenters. The second-order valence-electron chi connectivity index (χ2n) is 10.1. The quantitative estimate of drug-likeness (QED) is 0.368. The largest absolute Gasteiger partial charge is 0.406 e. The number of nitrogens with two attached hydrogens (primary N) is 2. The fraction of sp³-hybridized carbons (Fsp3) is 0.500. The second kappa shape index (κ2) is 9.55. The second-order valence-corrected chi connectivity index (χ2v) is 10.1. The van der Waals surface area contributed by atoms with Crippen LogP contribution in [-0.2, 0) is 11.3 Å². The van der Waals surface area contributed by atoms with Gasteiger partial charge in [-0.05, 0) is 45.0 Å². The third kappa shape index (κ3) is 5.45. The monoisotopic (exact) mass is 553 g/mol. The van der Waals surface area contributed by atoms with E-state index in [0.717, 1.165) is 11.1 Å². The number of alkyl halides is 5. The summed E-state index contributed by atoms with van der Waals surface area (Å²) in [5.74, 6) is -2.09. The first kappa shape index (κ1) is 27.0. The van der Waals surface area contributed by atoms with Crippen LogP contribution in [0.5, 0.6) is 0 Å². The van der Waals surface area contributed by atoms with E-state index in [-0.39, 0.29) is 41.7 Å². The Hall–Kier alpha value is -3.59.